The number of ether oxygens (including phenoxy) is 3. The quantitative estimate of drug-likeness (QED) is 0.348. The summed E-state index contributed by atoms with van der Waals surface area (Å²) >= 11 is 0. The second kappa shape index (κ2) is 19.1. The number of alkyl halides is 2. The fourth-order valence-corrected chi connectivity index (χ4v) is 12.1. The summed E-state index contributed by atoms with van der Waals surface area (Å²) in [4.78, 5) is 14.1. The predicted molar refractivity (Wildman–Crippen MR) is 232 cm³/mol. The summed E-state index contributed by atoms with van der Waals surface area (Å²) in [5.41, 5.74) is 2.36. The Bertz CT molecular complexity index is 1160. The molecule has 12 aliphatic rings. The number of rotatable bonds is 0. The fourth-order valence-electron chi connectivity index (χ4n) is 12.1. The van der Waals surface area contributed by atoms with Crippen molar-refractivity contribution in [2.24, 2.45) is 27.1 Å². The Morgan fingerprint density at radius 2 is 0.931 bits per heavy atom. The number of hydrogen-bond acceptors (Lipinski definition) is 10. The lowest BCUT2D eigenvalue weighted by Gasteiger charge is -2.38. The van der Waals surface area contributed by atoms with Gasteiger partial charge in [-0.25, -0.2) is 8.78 Å². The van der Waals surface area contributed by atoms with Gasteiger partial charge in [0.2, 0.25) is 0 Å². The lowest BCUT2D eigenvalue weighted by atomic mass is 9.68. The highest BCUT2D eigenvalue weighted by Gasteiger charge is 2.72. The van der Waals surface area contributed by atoms with Crippen LogP contribution in [0, 0.1) is 27.1 Å². The molecule has 0 amide bonds. The van der Waals surface area contributed by atoms with Gasteiger partial charge < -0.3 is 48.9 Å². The molecule has 10 saturated heterocycles. The number of likely N-dealkylation sites (N-methyl/N-ethyl adjacent to an activating group) is 1. The summed E-state index contributed by atoms with van der Waals surface area (Å²) in [5.74, 6) is -2.34. The van der Waals surface area contributed by atoms with Crippen LogP contribution < -0.4 is 5.32 Å². The summed E-state index contributed by atoms with van der Waals surface area (Å²) in [6.07, 6.45) is 16.0. The van der Waals surface area contributed by atoms with Gasteiger partial charge in [-0.1, -0.05) is 13.8 Å². The maximum atomic E-state index is 12.6. The Morgan fingerprint density at radius 1 is 0.448 bits per heavy atom. The molecule has 3 atom stereocenters. The fraction of sp³-hybridized carbons (Fsp3) is 1.00. The van der Waals surface area contributed by atoms with Crippen LogP contribution in [-0.4, -0.2) is 208 Å². The molecule has 0 aromatic rings. The van der Waals surface area contributed by atoms with Crippen LogP contribution in [0.2, 0.25) is 0 Å². The average molecular weight is 824 g/mol. The van der Waals surface area contributed by atoms with Crippen LogP contribution in [0.25, 0.3) is 0 Å². The molecular weight excluding hydrogens is 737 g/mol. The molecule has 3 unspecified atom stereocenters. The standard InChI is InChI=1S/2C8H15NO.C8H15N.C7H11F2N.C7H14N2.C7H13NO.CH4/c1-9-4-2-8(6-9)3-5-10-7-8;1-9-5-4-8(7-9)3-2-6-10-8;1-9-6-5-8(7-9)3-2-4-8;1-10-3-2-6(5-10)4-7(6,8)9;1-9-3-2-7(6-9)4-8-5-7;1-8-3-2-7(4-8)5-9-6-7;/h2*2-7H2,1H3;2-7H2,1H3;2-5H2,1H3;8H,2-6H2,1H3;2-6H2,1H3;1H4. The molecule has 6 spiro atoms. The lowest BCUT2D eigenvalue weighted by Crippen LogP contribution is -2.54. The Morgan fingerprint density at radius 3 is 1.19 bits per heavy atom. The number of likely N-dealkylation sites (tertiary alicyclic amines) is 6. The predicted octanol–water partition coefficient (Wildman–Crippen LogP) is 5.33. The number of nitrogens with one attached hydrogen (secondary N) is 1. The van der Waals surface area contributed by atoms with Gasteiger partial charge in [0.15, 0.2) is 0 Å². The van der Waals surface area contributed by atoms with Crippen LogP contribution in [0.3, 0.4) is 0 Å². The van der Waals surface area contributed by atoms with E-state index in [1.165, 1.54) is 143 Å². The van der Waals surface area contributed by atoms with E-state index in [0.29, 0.717) is 29.2 Å². The Balaban J connectivity index is 0.000000117. The van der Waals surface area contributed by atoms with Crippen LogP contribution >= 0.6 is 0 Å². The second-order valence-corrected chi connectivity index (χ2v) is 22.0. The van der Waals surface area contributed by atoms with Gasteiger partial charge in [-0.3, -0.25) is 0 Å². The SMILES string of the molecule is C.CN1CCC2(C1)CC2(F)F.CN1CCC2(CCC2)C1.CN1CCC2(CCCO2)C1.CN1CCC2(CCOC2)C1.CN1CCC2(CNC2)C1.CN1CCC2(COC2)C1. The van der Waals surface area contributed by atoms with Crippen LogP contribution in [-0.2, 0) is 14.2 Å². The normalized spacial score (nSPS) is 37.4. The lowest BCUT2D eigenvalue weighted by molar-refractivity contribution is -0.104. The van der Waals surface area contributed by atoms with Crippen LogP contribution in [0.4, 0.5) is 8.78 Å². The van der Waals surface area contributed by atoms with Crippen LogP contribution in [0.1, 0.15) is 90.9 Å². The third kappa shape index (κ3) is 11.3. The molecule has 58 heavy (non-hydrogen) atoms. The molecule has 338 valence electrons. The first kappa shape index (κ1) is 47.0. The number of halogens is 2. The highest BCUT2D eigenvalue weighted by atomic mass is 19.3. The minimum Gasteiger partial charge on any atom is -0.381 e. The monoisotopic (exact) mass is 824 g/mol. The van der Waals surface area contributed by atoms with E-state index in [-0.39, 0.29) is 19.4 Å². The molecule has 12 rings (SSSR count). The zero-order valence-electron chi connectivity index (χ0n) is 37.3. The van der Waals surface area contributed by atoms with Gasteiger partial charge >= 0.3 is 0 Å². The summed E-state index contributed by atoms with van der Waals surface area (Å²) < 4.78 is 41.6. The molecule has 0 radical (unpaired) electrons. The van der Waals surface area contributed by atoms with Gasteiger partial charge in [-0.05, 0) is 151 Å². The van der Waals surface area contributed by atoms with E-state index in [9.17, 15) is 8.78 Å². The van der Waals surface area contributed by atoms with E-state index in [0.717, 1.165) is 51.5 Å². The number of nitrogens with zero attached hydrogens (tertiary/aromatic N) is 6. The van der Waals surface area contributed by atoms with Crippen molar-refractivity contribution in [2.45, 2.75) is 102 Å². The summed E-state index contributed by atoms with van der Waals surface area (Å²) in [5, 5.41) is 3.34. The highest BCUT2D eigenvalue weighted by molar-refractivity contribution is 5.14. The third-order valence-electron chi connectivity index (χ3n) is 16.4. The Kier molecular flexibility index (Phi) is 15.4. The zero-order valence-corrected chi connectivity index (χ0v) is 37.3. The molecule has 2 aliphatic carbocycles. The average Bonchev–Trinajstić information content (AvgIpc) is 3.95. The maximum absolute atomic E-state index is 12.6. The van der Waals surface area contributed by atoms with Crippen molar-refractivity contribution < 1.29 is 23.0 Å². The molecule has 0 bridgehead atoms. The maximum Gasteiger partial charge on any atom is 0.255 e. The van der Waals surface area contributed by atoms with Crippen molar-refractivity contribution in [1.82, 2.24) is 34.7 Å². The van der Waals surface area contributed by atoms with E-state index >= 15 is 0 Å². The van der Waals surface area contributed by atoms with Crippen LogP contribution in [0.5, 0.6) is 0 Å². The molecule has 2 saturated carbocycles. The molecule has 1 N–H and O–H groups in total. The molecule has 10 nitrogen and oxygen atoms in total. The number of hydrogen-bond donors (Lipinski definition) is 1. The highest BCUT2D eigenvalue weighted by Crippen LogP contribution is 2.64. The molecule has 0 aromatic carbocycles. The zero-order chi connectivity index (χ0) is 40.4. The molecule has 12 heteroatoms. The van der Waals surface area contributed by atoms with E-state index in [1.807, 2.05) is 11.9 Å². The molecule has 10 heterocycles. The van der Waals surface area contributed by atoms with Crippen molar-refractivity contribution in [3.05, 3.63) is 0 Å². The molecule has 12 fully saturated rings. The Hall–Kier alpha value is -0.540. The van der Waals surface area contributed by atoms with Gasteiger partial charge in [0.25, 0.3) is 5.92 Å². The van der Waals surface area contributed by atoms with E-state index in [1.54, 1.807) is 0 Å². The third-order valence-corrected chi connectivity index (χ3v) is 16.4. The van der Waals surface area contributed by atoms with Crippen LogP contribution in [0.15, 0.2) is 0 Å². The van der Waals surface area contributed by atoms with Crippen molar-refractivity contribution in [2.75, 3.05) is 167 Å². The topological polar surface area (TPSA) is 59.2 Å². The minimum atomic E-state index is -2.34. The van der Waals surface area contributed by atoms with E-state index < -0.39 is 11.3 Å². The molecule has 0 aromatic heterocycles. The molecular formula is C46H87F2N7O3. The van der Waals surface area contributed by atoms with Crippen molar-refractivity contribution in [3.63, 3.8) is 0 Å². The first-order chi connectivity index (χ1) is 27.1. The summed E-state index contributed by atoms with van der Waals surface area (Å²) in [6.45, 7) is 21.8. The van der Waals surface area contributed by atoms with Crippen molar-refractivity contribution in [3.8, 4) is 0 Å². The first-order valence-electron chi connectivity index (χ1n) is 23.1. The van der Waals surface area contributed by atoms with Crippen molar-refractivity contribution >= 4 is 0 Å². The first-order valence-corrected chi connectivity index (χ1v) is 23.1. The van der Waals surface area contributed by atoms with Gasteiger partial charge in [0, 0.05) is 94.8 Å². The summed E-state index contributed by atoms with van der Waals surface area (Å²) in [6, 6.07) is 0. The van der Waals surface area contributed by atoms with E-state index in [4.69, 9.17) is 14.2 Å². The van der Waals surface area contributed by atoms with Gasteiger partial charge in [-0.2, -0.15) is 0 Å². The van der Waals surface area contributed by atoms with Gasteiger partial charge in [0.05, 0.1) is 30.8 Å². The smallest absolute Gasteiger partial charge is 0.255 e. The van der Waals surface area contributed by atoms with E-state index in [2.05, 4.69) is 65.1 Å². The largest absolute Gasteiger partial charge is 0.381 e. The Labute approximate surface area is 353 Å². The van der Waals surface area contributed by atoms with Gasteiger partial charge in [-0.15, -0.1) is 0 Å². The van der Waals surface area contributed by atoms with Gasteiger partial charge in [0.1, 0.15) is 0 Å². The van der Waals surface area contributed by atoms with Crippen molar-refractivity contribution in [1.29, 1.82) is 0 Å². The summed E-state index contributed by atoms with van der Waals surface area (Å²) in [7, 11) is 12.9. The minimum absolute atomic E-state index is 0. The molecule has 10 aliphatic heterocycles. The second-order valence-electron chi connectivity index (χ2n) is 22.0.